The van der Waals surface area contributed by atoms with E-state index in [0.717, 1.165) is 6.92 Å². The van der Waals surface area contributed by atoms with E-state index in [4.69, 9.17) is 15.6 Å². The van der Waals surface area contributed by atoms with Crippen molar-refractivity contribution in [3.8, 4) is 0 Å². The Balaban J connectivity index is 0. The molecule has 0 spiro atoms. The molecule has 4 heteroatoms. The molecule has 0 aromatic carbocycles. The number of hydrogen-bond donors (Lipinski definition) is 2. The summed E-state index contributed by atoms with van der Waals surface area (Å²) in [5.74, 6) is -0.833. The normalized spacial score (nSPS) is 11.4. The van der Waals surface area contributed by atoms with Crippen LogP contribution in [0.25, 0.3) is 0 Å². The maximum atomic E-state index is 9.00. The lowest BCUT2D eigenvalue weighted by atomic mass is 10.1. The fourth-order valence-electron chi connectivity index (χ4n) is 0.943. The number of unbranched alkanes of at least 4 members (excludes halogenated alkanes) is 4. The number of alkyl halides is 1. The van der Waals surface area contributed by atoms with Gasteiger partial charge in [0.15, 0.2) is 0 Å². The van der Waals surface area contributed by atoms with Gasteiger partial charge in [-0.2, -0.15) is 0 Å². The second-order valence-electron chi connectivity index (χ2n) is 3.24. The third-order valence-corrected chi connectivity index (χ3v) is 2.21. The molecule has 0 aromatic heterocycles. The van der Waals surface area contributed by atoms with Gasteiger partial charge in [0.05, 0.1) is 4.05 Å². The summed E-state index contributed by atoms with van der Waals surface area (Å²) in [4.78, 5) is 9.00. The van der Waals surface area contributed by atoms with Crippen molar-refractivity contribution in [2.45, 2.75) is 56.4 Å². The van der Waals surface area contributed by atoms with Crippen LogP contribution in [0.2, 0.25) is 0 Å². The monoisotopic (exact) mass is 315 g/mol. The van der Waals surface area contributed by atoms with E-state index in [2.05, 4.69) is 29.5 Å². The van der Waals surface area contributed by atoms with E-state index in [9.17, 15) is 0 Å². The first-order chi connectivity index (χ1) is 6.50. The van der Waals surface area contributed by atoms with Gasteiger partial charge in [0, 0.05) is 6.92 Å². The van der Waals surface area contributed by atoms with Gasteiger partial charge in [-0.3, -0.25) is 4.79 Å². The molecule has 0 aliphatic rings. The molecule has 14 heavy (non-hydrogen) atoms. The highest BCUT2D eigenvalue weighted by molar-refractivity contribution is 14.1. The Bertz CT molecular complexity index is 125. The van der Waals surface area contributed by atoms with Crippen LogP contribution >= 0.6 is 22.6 Å². The van der Waals surface area contributed by atoms with E-state index in [1.807, 2.05) is 0 Å². The summed E-state index contributed by atoms with van der Waals surface area (Å²) in [5, 5.41) is 7.42. The van der Waals surface area contributed by atoms with E-state index < -0.39 is 5.97 Å². The van der Waals surface area contributed by atoms with E-state index >= 15 is 0 Å². The molecule has 0 fully saturated rings. The molecular formula is C10H22INO2. The highest BCUT2D eigenvalue weighted by atomic mass is 127. The lowest BCUT2D eigenvalue weighted by Crippen LogP contribution is -2.09. The minimum Gasteiger partial charge on any atom is -0.481 e. The summed E-state index contributed by atoms with van der Waals surface area (Å²) in [6.45, 7) is 3.32. The minimum absolute atomic E-state index is 0.374. The third kappa shape index (κ3) is 29.5. The molecule has 0 radical (unpaired) electrons. The molecule has 0 amide bonds. The fourth-order valence-corrected chi connectivity index (χ4v) is 1.38. The molecule has 0 aliphatic heterocycles. The number of halogens is 1. The predicted octanol–water partition coefficient (Wildman–Crippen LogP) is 3.16. The van der Waals surface area contributed by atoms with Crippen molar-refractivity contribution in [2.24, 2.45) is 5.73 Å². The van der Waals surface area contributed by atoms with Crippen LogP contribution in [-0.2, 0) is 4.79 Å². The number of carboxylic acids is 1. The van der Waals surface area contributed by atoms with E-state index in [1.54, 1.807) is 0 Å². The van der Waals surface area contributed by atoms with Gasteiger partial charge in [-0.15, -0.1) is 0 Å². The molecule has 86 valence electrons. The van der Waals surface area contributed by atoms with E-state index in [-0.39, 0.29) is 0 Å². The van der Waals surface area contributed by atoms with Crippen molar-refractivity contribution in [3.63, 3.8) is 0 Å². The molecule has 0 heterocycles. The zero-order valence-corrected chi connectivity index (χ0v) is 11.3. The van der Waals surface area contributed by atoms with Crippen molar-refractivity contribution in [3.05, 3.63) is 0 Å². The van der Waals surface area contributed by atoms with Crippen LogP contribution in [0.1, 0.15) is 52.4 Å². The summed E-state index contributed by atoms with van der Waals surface area (Å²) >= 11 is 2.28. The second kappa shape index (κ2) is 13.2. The highest BCUT2D eigenvalue weighted by Gasteiger charge is 1.94. The summed E-state index contributed by atoms with van der Waals surface area (Å²) in [7, 11) is 0. The number of nitrogens with two attached hydrogens (primary N) is 1. The Hall–Kier alpha value is 0.160. The Morgan fingerprint density at radius 1 is 1.36 bits per heavy atom. The summed E-state index contributed by atoms with van der Waals surface area (Å²) in [6.07, 6.45) is 7.96. The summed E-state index contributed by atoms with van der Waals surface area (Å²) in [6, 6.07) is 0. The number of hydrogen-bond acceptors (Lipinski definition) is 2. The first-order valence-corrected chi connectivity index (χ1v) is 6.34. The van der Waals surface area contributed by atoms with Gasteiger partial charge < -0.3 is 10.8 Å². The lowest BCUT2D eigenvalue weighted by molar-refractivity contribution is -0.134. The van der Waals surface area contributed by atoms with Gasteiger partial charge in [-0.1, -0.05) is 61.6 Å². The number of carboxylic acid groups (broad SMARTS) is 1. The Kier molecular flexibility index (Phi) is 15.6. The van der Waals surface area contributed by atoms with Crippen molar-refractivity contribution in [1.82, 2.24) is 0 Å². The van der Waals surface area contributed by atoms with Crippen LogP contribution in [0.5, 0.6) is 0 Å². The SMILES string of the molecule is CC(=O)O.CCCCCCCC(N)I. The molecule has 3 N–H and O–H groups in total. The summed E-state index contributed by atoms with van der Waals surface area (Å²) in [5.41, 5.74) is 5.59. The van der Waals surface area contributed by atoms with E-state index in [0.29, 0.717) is 4.05 Å². The standard InChI is InChI=1S/C8H18IN.C2H4O2/c1-2-3-4-5-6-7-8(9)10;1-2(3)4/h8H,2-7,10H2,1H3;1H3,(H,3,4). The Morgan fingerprint density at radius 3 is 2.14 bits per heavy atom. The number of aliphatic carboxylic acids is 1. The van der Waals surface area contributed by atoms with Crippen molar-refractivity contribution in [2.75, 3.05) is 0 Å². The van der Waals surface area contributed by atoms with Gasteiger partial charge >= 0.3 is 0 Å². The first kappa shape index (κ1) is 16.6. The van der Waals surface area contributed by atoms with Gasteiger partial charge in [0.1, 0.15) is 0 Å². The van der Waals surface area contributed by atoms with Crippen LogP contribution in [0.15, 0.2) is 0 Å². The van der Waals surface area contributed by atoms with Crippen molar-refractivity contribution >= 4 is 28.6 Å². The molecule has 0 aromatic rings. The smallest absolute Gasteiger partial charge is 0.300 e. The van der Waals surface area contributed by atoms with Gasteiger partial charge in [-0.25, -0.2) is 0 Å². The fraction of sp³-hybridized carbons (Fsp3) is 0.900. The Morgan fingerprint density at radius 2 is 1.79 bits per heavy atom. The molecule has 0 saturated heterocycles. The quantitative estimate of drug-likeness (QED) is 0.342. The number of carbonyl (C=O) groups is 1. The number of rotatable bonds is 6. The van der Waals surface area contributed by atoms with Crippen LogP contribution in [0.3, 0.4) is 0 Å². The zero-order valence-electron chi connectivity index (χ0n) is 9.13. The molecular weight excluding hydrogens is 293 g/mol. The molecule has 1 unspecified atom stereocenters. The molecule has 0 aliphatic carbocycles. The van der Waals surface area contributed by atoms with Crippen LogP contribution in [-0.4, -0.2) is 15.1 Å². The third-order valence-electron chi connectivity index (χ3n) is 1.58. The topological polar surface area (TPSA) is 63.3 Å². The predicted molar refractivity (Wildman–Crippen MR) is 68.7 cm³/mol. The molecule has 0 rings (SSSR count). The van der Waals surface area contributed by atoms with Gasteiger partial charge in [-0.05, 0) is 6.42 Å². The summed E-state index contributed by atoms with van der Waals surface area (Å²) < 4.78 is 0.374. The molecule has 0 saturated carbocycles. The Labute approximate surface area is 101 Å². The van der Waals surface area contributed by atoms with E-state index in [1.165, 1.54) is 38.5 Å². The second-order valence-corrected chi connectivity index (χ2v) is 4.84. The van der Waals surface area contributed by atoms with Crippen LogP contribution in [0, 0.1) is 0 Å². The maximum Gasteiger partial charge on any atom is 0.300 e. The largest absolute Gasteiger partial charge is 0.481 e. The highest BCUT2D eigenvalue weighted by Crippen LogP contribution is 2.08. The molecule has 0 bridgehead atoms. The van der Waals surface area contributed by atoms with Crippen LogP contribution < -0.4 is 5.73 Å². The van der Waals surface area contributed by atoms with Crippen molar-refractivity contribution in [1.29, 1.82) is 0 Å². The average Bonchev–Trinajstić information content (AvgIpc) is 2.02. The van der Waals surface area contributed by atoms with Crippen LogP contribution in [0.4, 0.5) is 0 Å². The maximum absolute atomic E-state index is 9.00. The zero-order chi connectivity index (χ0) is 11.4. The van der Waals surface area contributed by atoms with Gasteiger partial charge in [0.2, 0.25) is 0 Å². The molecule has 1 atom stereocenters. The lowest BCUT2D eigenvalue weighted by Gasteiger charge is -2.01. The van der Waals surface area contributed by atoms with Gasteiger partial charge in [0.25, 0.3) is 5.97 Å². The minimum atomic E-state index is -0.833. The molecule has 3 nitrogen and oxygen atoms in total. The first-order valence-electron chi connectivity index (χ1n) is 5.09. The van der Waals surface area contributed by atoms with Crippen molar-refractivity contribution < 1.29 is 9.90 Å². The average molecular weight is 315 g/mol.